The Balaban J connectivity index is 2.40. The van der Waals surface area contributed by atoms with Crippen LogP contribution in [0.5, 0.6) is 0 Å². The number of rotatable bonds is 0. The Bertz CT molecular complexity index is 92.9. The second-order valence-corrected chi connectivity index (χ2v) is 4.74. The van der Waals surface area contributed by atoms with Gasteiger partial charge in [-0.2, -0.15) is 0 Å². The van der Waals surface area contributed by atoms with Crippen LogP contribution in [-0.4, -0.2) is 26.9 Å². The van der Waals surface area contributed by atoms with Crippen LogP contribution in [0.1, 0.15) is 0 Å². The van der Waals surface area contributed by atoms with Gasteiger partial charge < -0.3 is 5.11 Å². The Morgan fingerprint density at radius 3 is 2.71 bits per heavy atom. The molecule has 0 saturated carbocycles. The lowest BCUT2D eigenvalue weighted by Gasteiger charge is -1.88. The third kappa shape index (κ3) is 1.44. The van der Waals surface area contributed by atoms with Crippen molar-refractivity contribution >= 4 is 20.6 Å². The third-order valence-electron chi connectivity index (χ3n) is 0.720. The molecule has 0 bridgehead atoms. The summed E-state index contributed by atoms with van der Waals surface area (Å²) >= 11 is 0. The summed E-state index contributed by atoms with van der Waals surface area (Å²) in [4.78, 5) is 0. The van der Waals surface area contributed by atoms with E-state index in [-0.39, 0.29) is 6.10 Å². The van der Waals surface area contributed by atoms with Crippen LogP contribution in [0.3, 0.4) is 0 Å². The lowest BCUT2D eigenvalue weighted by atomic mass is 10.5. The van der Waals surface area contributed by atoms with Gasteiger partial charge in [0, 0.05) is 5.75 Å². The van der Waals surface area contributed by atoms with Crippen molar-refractivity contribution < 1.29 is 9.32 Å². The smallest absolute Gasteiger partial charge is 0.0831 e. The van der Waals surface area contributed by atoms with E-state index < -0.39 is 9.83 Å². The highest BCUT2D eigenvalue weighted by molar-refractivity contribution is 8.69. The van der Waals surface area contributed by atoms with Gasteiger partial charge in [0.05, 0.1) is 21.7 Å². The Morgan fingerprint density at radius 2 is 2.57 bits per heavy atom. The molecule has 42 valence electrons. The van der Waals surface area contributed by atoms with E-state index >= 15 is 0 Å². The normalized spacial score (nSPS) is 41.9. The molecule has 1 saturated heterocycles. The van der Waals surface area contributed by atoms with E-state index in [1.54, 1.807) is 0 Å². The monoisotopic (exact) mass is 138 g/mol. The van der Waals surface area contributed by atoms with Gasteiger partial charge in [-0.25, -0.2) is 4.21 Å². The molecule has 0 aromatic rings. The molecule has 2 nitrogen and oxygen atoms in total. The molecule has 1 aliphatic rings. The van der Waals surface area contributed by atoms with Crippen molar-refractivity contribution in [2.75, 3.05) is 11.5 Å². The molecule has 0 aromatic heterocycles. The topological polar surface area (TPSA) is 37.3 Å². The molecule has 1 aliphatic heterocycles. The predicted molar refractivity (Wildman–Crippen MR) is 31.5 cm³/mol. The average molecular weight is 138 g/mol. The van der Waals surface area contributed by atoms with Crippen molar-refractivity contribution in [2.24, 2.45) is 0 Å². The average Bonchev–Trinajstić information content (AvgIpc) is 1.87. The largest absolute Gasteiger partial charge is 0.391 e. The summed E-state index contributed by atoms with van der Waals surface area (Å²) in [5, 5.41) is 8.69. The second-order valence-electron chi connectivity index (χ2n) is 1.41. The summed E-state index contributed by atoms with van der Waals surface area (Å²) in [5.74, 6) is 1.11. The molecular weight excluding hydrogens is 132 g/mol. The van der Waals surface area contributed by atoms with Crippen molar-refractivity contribution in [3.8, 4) is 0 Å². The molecule has 0 spiro atoms. The van der Waals surface area contributed by atoms with E-state index in [1.165, 1.54) is 10.8 Å². The Labute approximate surface area is 48.2 Å². The van der Waals surface area contributed by atoms with E-state index in [4.69, 9.17) is 5.11 Å². The van der Waals surface area contributed by atoms with Gasteiger partial charge in [0.1, 0.15) is 0 Å². The van der Waals surface area contributed by atoms with E-state index in [0.717, 1.165) is 0 Å². The van der Waals surface area contributed by atoms with E-state index in [0.29, 0.717) is 11.5 Å². The van der Waals surface area contributed by atoms with Crippen LogP contribution in [0.25, 0.3) is 0 Å². The quantitative estimate of drug-likeness (QED) is 0.469. The fourth-order valence-electron chi connectivity index (χ4n) is 0.408. The first-order valence-corrected chi connectivity index (χ1v) is 4.81. The van der Waals surface area contributed by atoms with E-state index in [9.17, 15) is 4.21 Å². The van der Waals surface area contributed by atoms with Gasteiger partial charge in [0.25, 0.3) is 0 Å². The minimum atomic E-state index is -0.786. The molecule has 1 rings (SSSR count). The highest BCUT2D eigenvalue weighted by Gasteiger charge is 2.18. The van der Waals surface area contributed by atoms with Crippen LogP contribution in [0.15, 0.2) is 0 Å². The van der Waals surface area contributed by atoms with Crippen molar-refractivity contribution in [2.45, 2.75) is 6.10 Å². The summed E-state index contributed by atoms with van der Waals surface area (Å²) in [6, 6.07) is 0. The number of aliphatic hydroxyl groups is 1. The molecule has 0 radical (unpaired) electrons. The van der Waals surface area contributed by atoms with Crippen molar-refractivity contribution in [3.63, 3.8) is 0 Å². The van der Waals surface area contributed by atoms with Gasteiger partial charge in [0.15, 0.2) is 0 Å². The van der Waals surface area contributed by atoms with Crippen LogP contribution < -0.4 is 0 Å². The zero-order chi connectivity index (χ0) is 5.28. The van der Waals surface area contributed by atoms with Gasteiger partial charge >= 0.3 is 0 Å². The van der Waals surface area contributed by atoms with Gasteiger partial charge in [-0.05, 0) is 0 Å². The molecule has 7 heavy (non-hydrogen) atoms. The Kier molecular flexibility index (Phi) is 1.72. The van der Waals surface area contributed by atoms with Crippen LogP contribution in [0.2, 0.25) is 0 Å². The van der Waals surface area contributed by atoms with E-state index in [2.05, 4.69) is 0 Å². The molecule has 0 amide bonds. The molecule has 1 N–H and O–H groups in total. The van der Waals surface area contributed by atoms with Crippen LogP contribution in [0.4, 0.5) is 0 Å². The maximum absolute atomic E-state index is 10.4. The minimum absolute atomic E-state index is 0.314. The summed E-state index contributed by atoms with van der Waals surface area (Å²) in [6.45, 7) is 0. The fourth-order valence-corrected chi connectivity index (χ4v) is 3.20. The van der Waals surface area contributed by atoms with Crippen molar-refractivity contribution in [3.05, 3.63) is 0 Å². The minimum Gasteiger partial charge on any atom is -0.391 e. The first-order valence-electron chi connectivity index (χ1n) is 1.99. The highest BCUT2D eigenvalue weighted by atomic mass is 33.1. The van der Waals surface area contributed by atoms with Gasteiger partial charge in [-0.1, -0.05) is 10.8 Å². The summed E-state index contributed by atoms with van der Waals surface area (Å²) in [5.41, 5.74) is 0. The predicted octanol–water partition coefficient (Wildman–Crippen LogP) is -0.242. The first-order chi connectivity index (χ1) is 3.29. The van der Waals surface area contributed by atoms with Crippen molar-refractivity contribution in [1.82, 2.24) is 0 Å². The maximum Gasteiger partial charge on any atom is 0.0831 e. The fraction of sp³-hybridized carbons (Fsp3) is 1.00. The zero-order valence-electron chi connectivity index (χ0n) is 3.66. The zero-order valence-corrected chi connectivity index (χ0v) is 5.30. The summed E-state index contributed by atoms with van der Waals surface area (Å²) < 4.78 is 10.4. The SMILES string of the molecule is O=[S@@]1C[C@@H](O)CS1. The second kappa shape index (κ2) is 2.15. The number of hydrogen-bond acceptors (Lipinski definition) is 3. The lowest BCUT2D eigenvalue weighted by Crippen LogP contribution is -2.07. The molecule has 0 aromatic carbocycles. The van der Waals surface area contributed by atoms with Crippen LogP contribution >= 0.6 is 10.8 Å². The molecule has 4 heteroatoms. The molecule has 2 atom stereocenters. The van der Waals surface area contributed by atoms with Gasteiger partial charge in [-0.15, -0.1) is 0 Å². The van der Waals surface area contributed by atoms with Gasteiger partial charge in [0.2, 0.25) is 0 Å². The maximum atomic E-state index is 10.4. The number of hydrogen-bond donors (Lipinski definition) is 1. The van der Waals surface area contributed by atoms with Crippen molar-refractivity contribution in [1.29, 1.82) is 0 Å². The van der Waals surface area contributed by atoms with Crippen LogP contribution in [-0.2, 0) is 9.83 Å². The highest BCUT2D eigenvalue weighted by Crippen LogP contribution is 2.18. The number of aliphatic hydroxyl groups excluding tert-OH is 1. The molecule has 1 fully saturated rings. The Hall–Kier alpha value is 0.460. The first kappa shape index (κ1) is 5.59. The molecule has 0 unspecified atom stereocenters. The van der Waals surface area contributed by atoms with E-state index in [1.807, 2.05) is 0 Å². The van der Waals surface area contributed by atoms with Gasteiger partial charge in [-0.3, -0.25) is 0 Å². The molecule has 1 heterocycles. The lowest BCUT2D eigenvalue weighted by molar-refractivity contribution is 0.226. The Morgan fingerprint density at radius 1 is 1.86 bits per heavy atom. The summed E-state index contributed by atoms with van der Waals surface area (Å²) in [7, 11) is 0.541. The molecule has 0 aliphatic carbocycles. The van der Waals surface area contributed by atoms with Crippen LogP contribution in [0, 0.1) is 0 Å². The standard InChI is InChI=1S/C3H6O2S2/c4-3-1-6-7(5)2-3/h3-4H,1-2H2/t3-,7-/m0/s1. The summed E-state index contributed by atoms with van der Waals surface area (Å²) in [6.07, 6.45) is -0.314. The molecular formula is C3H6O2S2. The third-order valence-corrected chi connectivity index (χ3v) is 3.77.